The average Bonchev–Trinajstić information content (AvgIpc) is 2.27. The van der Waals surface area contributed by atoms with Crippen molar-refractivity contribution in [2.24, 2.45) is 35.0 Å². The lowest BCUT2D eigenvalue weighted by molar-refractivity contribution is -0.0569. The summed E-state index contributed by atoms with van der Waals surface area (Å²) < 4.78 is 0. The molecule has 3 fully saturated rings. The molecule has 18 heavy (non-hydrogen) atoms. The highest BCUT2D eigenvalue weighted by Gasteiger charge is 2.49. The minimum absolute atomic E-state index is 0. The van der Waals surface area contributed by atoms with E-state index in [2.05, 4.69) is 20.8 Å². The molecular weight excluding hydrogens is 216 g/mol. The van der Waals surface area contributed by atoms with Crippen molar-refractivity contribution < 1.29 is 0 Å². The van der Waals surface area contributed by atoms with Crippen molar-refractivity contribution in [2.75, 3.05) is 0 Å². The van der Waals surface area contributed by atoms with E-state index >= 15 is 0 Å². The fraction of sp³-hybridized carbons (Fsp3) is 1.00. The number of fused-ring (bicyclic) bond motifs is 3. The molecule has 0 heterocycles. The summed E-state index contributed by atoms with van der Waals surface area (Å²) in [5.41, 5.74) is 0.722. The van der Waals surface area contributed by atoms with Gasteiger partial charge in [0, 0.05) is 0 Å². The molecule has 0 aromatic heterocycles. The predicted molar refractivity (Wildman–Crippen MR) is 80.6 cm³/mol. The largest absolute Gasteiger partial charge is 0.0776 e. The SMILES string of the molecule is C.CC1CCC2C(CCC3(C)CC(C)CCC23)C1. The quantitative estimate of drug-likeness (QED) is 0.501. The predicted octanol–water partition coefficient (Wildman–Crippen LogP) is 5.91. The molecule has 0 aromatic rings. The first-order chi connectivity index (χ1) is 8.08. The number of hydrogen-bond donors (Lipinski definition) is 0. The maximum atomic E-state index is 2.63. The molecule has 0 nitrogen and oxygen atoms in total. The van der Waals surface area contributed by atoms with Crippen LogP contribution >= 0.6 is 0 Å². The molecule has 0 spiro atoms. The highest BCUT2D eigenvalue weighted by atomic mass is 14.5. The summed E-state index contributed by atoms with van der Waals surface area (Å²) >= 11 is 0. The van der Waals surface area contributed by atoms with Gasteiger partial charge in [0.25, 0.3) is 0 Å². The number of hydrogen-bond acceptors (Lipinski definition) is 0. The van der Waals surface area contributed by atoms with Crippen molar-refractivity contribution in [3.05, 3.63) is 0 Å². The molecule has 3 saturated carbocycles. The zero-order valence-electron chi connectivity index (χ0n) is 12.0. The van der Waals surface area contributed by atoms with Crippen LogP contribution in [0.5, 0.6) is 0 Å². The minimum atomic E-state index is 0. The van der Waals surface area contributed by atoms with Crippen LogP contribution in [0.15, 0.2) is 0 Å². The van der Waals surface area contributed by atoms with Gasteiger partial charge >= 0.3 is 0 Å². The Hall–Kier alpha value is 0. The van der Waals surface area contributed by atoms with Gasteiger partial charge in [-0.2, -0.15) is 0 Å². The summed E-state index contributed by atoms with van der Waals surface area (Å²) in [6.45, 7) is 7.59. The Balaban J connectivity index is 0.00000120. The van der Waals surface area contributed by atoms with E-state index < -0.39 is 0 Å². The van der Waals surface area contributed by atoms with E-state index in [0.717, 1.165) is 35.0 Å². The molecule has 0 aromatic carbocycles. The second-order valence-corrected chi connectivity index (χ2v) is 8.03. The second-order valence-electron chi connectivity index (χ2n) is 8.03. The fourth-order valence-corrected chi connectivity index (χ4v) is 5.78. The van der Waals surface area contributed by atoms with Crippen LogP contribution < -0.4 is 0 Å². The molecule has 106 valence electrons. The summed E-state index contributed by atoms with van der Waals surface area (Å²) in [4.78, 5) is 0. The lowest BCUT2D eigenvalue weighted by Gasteiger charge is -2.56. The van der Waals surface area contributed by atoms with Crippen LogP contribution in [0.3, 0.4) is 0 Å². The van der Waals surface area contributed by atoms with Gasteiger partial charge in [0.05, 0.1) is 0 Å². The Kier molecular flexibility index (Phi) is 4.14. The van der Waals surface area contributed by atoms with Crippen molar-refractivity contribution >= 4 is 0 Å². The van der Waals surface area contributed by atoms with Gasteiger partial charge in [0.2, 0.25) is 0 Å². The van der Waals surface area contributed by atoms with Gasteiger partial charge in [-0.1, -0.05) is 41.0 Å². The van der Waals surface area contributed by atoms with E-state index in [9.17, 15) is 0 Å². The van der Waals surface area contributed by atoms with Crippen LogP contribution in [-0.2, 0) is 0 Å². The van der Waals surface area contributed by atoms with Crippen molar-refractivity contribution in [2.45, 2.75) is 79.6 Å². The van der Waals surface area contributed by atoms with Gasteiger partial charge in [0.15, 0.2) is 0 Å². The van der Waals surface area contributed by atoms with Gasteiger partial charge in [-0.05, 0) is 73.5 Å². The third-order valence-corrected chi connectivity index (χ3v) is 6.59. The Morgan fingerprint density at radius 2 is 1.61 bits per heavy atom. The van der Waals surface area contributed by atoms with Crippen LogP contribution in [0.4, 0.5) is 0 Å². The normalized spacial score (nSPS) is 51.8. The van der Waals surface area contributed by atoms with E-state index in [1.165, 1.54) is 25.7 Å². The molecule has 0 amide bonds. The topological polar surface area (TPSA) is 0 Å². The Morgan fingerprint density at radius 1 is 0.889 bits per heavy atom. The summed E-state index contributed by atoms with van der Waals surface area (Å²) in [7, 11) is 0. The lowest BCUT2D eigenvalue weighted by Crippen LogP contribution is -2.46. The molecule has 3 rings (SSSR count). The Bertz CT molecular complexity index is 282. The maximum Gasteiger partial charge on any atom is -0.0292 e. The molecule has 0 radical (unpaired) electrons. The zero-order valence-corrected chi connectivity index (χ0v) is 12.0. The van der Waals surface area contributed by atoms with Crippen LogP contribution in [-0.4, -0.2) is 0 Å². The van der Waals surface area contributed by atoms with E-state index in [0.29, 0.717) is 0 Å². The first kappa shape index (κ1) is 14.4. The molecule has 0 N–H and O–H groups in total. The van der Waals surface area contributed by atoms with Crippen LogP contribution in [0, 0.1) is 35.0 Å². The fourth-order valence-electron chi connectivity index (χ4n) is 5.78. The zero-order chi connectivity index (χ0) is 12.0. The highest BCUT2D eigenvalue weighted by molar-refractivity contribution is 4.99. The maximum absolute atomic E-state index is 2.63. The summed E-state index contributed by atoms with van der Waals surface area (Å²) in [6, 6.07) is 0. The van der Waals surface area contributed by atoms with Crippen LogP contribution in [0.2, 0.25) is 0 Å². The minimum Gasteiger partial charge on any atom is -0.0776 e. The number of rotatable bonds is 0. The van der Waals surface area contributed by atoms with Crippen LogP contribution in [0.25, 0.3) is 0 Å². The molecule has 6 unspecified atom stereocenters. The monoisotopic (exact) mass is 250 g/mol. The lowest BCUT2D eigenvalue weighted by atomic mass is 9.49. The van der Waals surface area contributed by atoms with Crippen molar-refractivity contribution in [3.63, 3.8) is 0 Å². The summed E-state index contributed by atoms with van der Waals surface area (Å²) in [5, 5.41) is 0. The molecule has 3 aliphatic rings. The molecule has 0 heteroatoms. The second kappa shape index (κ2) is 5.17. The van der Waals surface area contributed by atoms with Gasteiger partial charge in [-0.25, -0.2) is 0 Å². The van der Waals surface area contributed by atoms with Gasteiger partial charge in [-0.3, -0.25) is 0 Å². The van der Waals surface area contributed by atoms with E-state index in [4.69, 9.17) is 0 Å². The van der Waals surface area contributed by atoms with Gasteiger partial charge in [0.1, 0.15) is 0 Å². The molecule has 0 bridgehead atoms. The first-order valence-corrected chi connectivity index (χ1v) is 8.08. The third kappa shape index (κ3) is 2.37. The summed E-state index contributed by atoms with van der Waals surface area (Å²) in [6.07, 6.45) is 12.3. The van der Waals surface area contributed by atoms with E-state index in [1.807, 2.05) is 0 Å². The van der Waals surface area contributed by atoms with Crippen molar-refractivity contribution in [1.82, 2.24) is 0 Å². The molecule has 3 aliphatic carbocycles. The third-order valence-electron chi connectivity index (χ3n) is 6.59. The van der Waals surface area contributed by atoms with Crippen LogP contribution in [0.1, 0.15) is 79.6 Å². The molecular formula is C18H34. The van der Waals surface area contributed by atoms with E-state index in [-0.39, 0.29) is 7.43 Å². The first-order valence-electron chi connectivity index (χ1n) is 8.08. The average molecular weight is 250 g/mol. The Morgan fingerprint density at radius 3 is 2.39 bits per heavy atom. The highest BCUT2D eigenvalue weighted by Crippen LogP contribution is 2.59. The standard InChI is InChI=1S/C17H30.CH4/c1-12-4-6-15-14(10-12)8-9-17(3)11-13(2)5-7-16(15)17;/h12-16H,4-11H2,1-3H3;1H4. The smallest absolute Gasteiger partial charge is 0.0292 e. The van der Waals surface area contributed by atoms with Crippen molar-refractivity contribution in [1.29, 1.82) is 0 Å². The van der Waals surface area contributed by atoms with Crippen molar-refractivity contribution in [3.8, 4) is 0 Å². The van der Waals surface area contributed by atoms with Gasteiger partial charge in [-0.15, -0.1) is 0 Å². The Labute approximate surface area is 115 Å². The molecule has 6 atom stereocenters. The molecule has 0 saturated heterocycles. The van der Waals surface area contributed by atoms with E-state index in [1.54, 1.807) is 25.7 Å². The molecule has 0 aliphatic heterocycles. The summed E-state index contributed by atoms with van der Waals surface area (Å²) in [5.74, 6) is 5.31. The van der Waals surface area contributed by atoms with Gasteiger partial charge < -0.3 is 0 Å².